The lowest BCUT2D eigenvalue weighted by Gasteiger charge is -1.89. The van der Waals surface area contributed by atoms with Crippen LogP contribution in [0, 0.1) is 0 Å². The van der Waals surface area contributed by atoms with E-state index in [1.807, 2.05) is 0 Å². The van der Waals surface area contributed by atoms with Gasteiger partial charge in [0.2, 0.25) is 1.43 Å². The summed E-state index contributed by atoms with van der Waals surface area (Å²) in [6.45, 7) is -2.00. The normalized spacial score (nSPS) is 16.2. The minimum Gasteiger partial charge on any atom is -0.392 e. The summed E-state index contributed by atoms with van der Waals surface area (Å²) in [4.78, 5) is 0. The molecule has 0 fully saturated rings. The van der Waals surface area contributed by atoms with Gasteiger partial charge in [-0.1, -0.05) is 30.3 Å². The maximum Gasteiger partial charge on any atom is 0.211 e. The lowest BCUT2D eigenvalue weighted by Crippen LogP contribution is -1.77. The molecular weight excluding hydrogens is 100 g/mol. The van der Waals surface area contributed by atoms with Gasteiger partial charge >= 0.3 is 0 Å². The van der Waals surface area contributed by atoms with Crippen molar-refractivity contribution in [3.8, 4) is 0 Å². The molecule has 1 aromatic carbocycles. The van der Waals surface area contributed by atoms with E-state index in [0.29, 0.717) is 5.56 Å². The molecule has 0 atom stereocenters. The van der Waals surface area contributed by atoms with Gasteiger partial charge in [-0.2, -0.15) is 0 Å². The zero-order valence-corrected chi connectivity index (χ0v) is 4.29. The second-order valence-corrected chi connectivity index (χ2v) is 1.47. The summed E-state index contributed by atoms with van der Waals surface area (Å²) in [7, 11) is 0. The van der Waals surface area contributed by atoms with E-state index in [4.69, 9.17) is 4.17 Å². The van der Waals surface area contributed by atoms with Gasteiger partial charge in [0, 0.05) is 0 Å². The molecule has 1 N–H and O–H groups in total. The lowest BCUT2D eigenvalue weighted by molar-refractivity contribution is 0.282. The van der Waals surface area contributed by atoms with Crippen molar-refractivity contribution in [2.75, 3.05) is 0 Å². The molecule has 0 saturated heterocycles. The highest BCUT2D eigenvalue weighted by Gasteiger charge is 1.81. The van der Waals surface area contributed by atoms with E-state index < -0.39 is 6.56 Å². The SMILES string of the molecule is [2H]OC([2H])([2H])c1ccccc1. The van der Waals surface area contributed by atoms with Crippen LogP contribution in [-0.2, 0) is 6.56 Å². The summed E-state index contributed by atoms with van der Waals surface area (Å²) >= 11 is 0. The summed E-state index contributed by atoms with van der Waals surface area (Å²) in [5.74, 6) is 0. The zero-order valence-electron chi connectivity index (χ0n) is 7.29. The van der Waals surface area contributed by atoms with Crippen molar-refractivity contribution in [3.05, 3.63) is 35.9 Å². The second-order valence-electron chi connectivity index (χ2n) is 1.47. The number of rotatable bonds is 2. The molecule has 0 amide bonds. The smallest absolute Gasteiger partial charge is 0.211 e. The Bertz CT molecular complexity index is 222. The van der Waals surface area contributed by atoms with Crippen LogP contribution in [0.1, 0.15) is 8.30 Å². The monoisotopic (exact) mass is 111 g/mol. The van der Waals surface area contributed by atoms with Crippen molar-refractivity contribution in [3.63, 3.8) is 0 Å². The van der Waals surface area contributed by atoms with E-state index in [9.17, 15) is 0 Å². The van der Waals surface area contributed by atoms with Crippen LogP contribution in [0.5, 0.6) is 0 Å². The van der Waals surface area contributed by atoms with Crippen molar-refractivity contribution < 1.29 is 7.85 Å². The predicted octanol–water partition coefficient (Wildman–Crippen LogP) is 1.18. The minimum absolute atomic E-state index is 0.356. The molecule has 1 heteroatoms. The van der Waals surface area contributed by atoms with Crippen LogP contribution in [0.15, 0.2) is 30.3 Å². The Morgan fingerprint density at radius 3 is 2.88 bits per heavy atom. The van der Waals surface area contributed by atoms with Gasteiger partial charge in [-0.15, -0.1) is 0 Å². The Hall–Kier alpha value is -0.820. The third-order valence-corrected chi connectivity index (χ3v) is 0.892. The summed E-state index contributed by atoms with van der Waals surface area (Å²) < 4.78 is 20.8. The van der Waals surface area contributed by atoms with Crippen molar-refractivity contribution in [1.29, 1.82) is 1.43 Å². The molecule has 0 unspecified atom stereocenters. The Kier molecular flexibility index (Phi) is 0.820. The Labute approximate surface area is 52.9 Å². The molecule has 1 nitrogen and oxygen atoms in total. The minimum atomic E-state index is -2.00. The molecule has 0 aliphatic carbocycles. The molecule has 1 rings (SSSR count). The van der Waals surface area contributed by atoms with Gasteiger partial charge in [-0.3, -0.25) is 0 Å². The van der Waals surface area contributed by atoms with E-state index in [2.05, 4.69) is 5.11 Å². The molecule has 0 heterocycles. The van der Waals surface area contributed by atoms with E-state index in [0.717, 1.165) is 0 Å². The van der Waals surface area contributed by atoms with Gasteiger partial charge in [0.05, 0.1) is 9.30 Å². The van der Waals surface area contributed by atoms with E-state index >= 15 is 0 Å². The first-order valence-electron chi connectivity index (χ1n) is 3.77. The van der Waals surface area contributed by atoms with Crippen molar-refractivity contribution in [2.24, 2.45) is 0 Å². The first-order valence-corrected chi connectivity index (χ1v) is 2.36. The molecule has 42 valence electrons. The quantitative estimate of drug-likeness (QED) is 0.607. The fraction of sp³-hybridized carbons (Fsp3) is 0.143. The molecule has 0 aliphatic rings. The zero-order chi connectivity index (χ0) is 8.32. The molecule has 0 spiro atoms. The van der Waals surface area contributed by atoms with Crippen LogP contribution in [0.3, 0.4) is 0 Å². The maximum absolute atomic E-state index is 7.17. The van der Waals surface area contributed by atoms with Crippen LogP contribution >= 0.6 is 0 Å². The van der Waals surface area contributed by atoms with Gasteiger partial charge in [-0.25, -0.2) is 0 Å². The molecule has 0 bridgehead atoms. The van der Waals surface area contributed by atoms with E-state index in [-0.39, 0.29) is 0 Å². The van der Waals surface area contributed by atoms with Crippen LogP contribution in [0.25, 0.3) is 0 Å². The molecule has 0 aromatic heterocycles. The van der Waals surface area contributed by atoms with E-state index in [1.54, 1.807) is 30.3 Å². The maximum atomic E-state index is 7.17. The highest BCUT2D eigenvalue weighted by atomic mass is 16.3. The molecule has 1 aromatic rings. The second kappa shape index (κ2) is 2.48. The fourth-order valence-electron chi connectivity index (χ4n) is 0.506. The third-order valence-electron chi connectivity index (χ3n) is 0.892. The Balaban J connectivity index is 2.93. The van der Waals surface area contributed by atoms with Gasteiger partial charge in [0.1, 0.15) is 0 Å². The van der Waals surface area contributed by atoms with E-state index in [1.165, 1.54) is 0 Å². The first kappa shape index (κ1) is 2.65. The Morgan fingerprint density at radius 1 is 1.50 bits per heavy atom. The molecular formula is C7H8O. The fourth-order valence-corrected chi connectivity index (χ4v) is 0.506. The largest absolute Gasteiger partial charge is 0.392 e. The number of hydrogen-bond donors (Lipinski definition) is 1. The highest BCUT2D eigenvalue weighted by Crippen LogP contribution is 1.95. The standard InChI is InChI=1S/C7H8O/c8-6-7-4-2-1-3-5-7/h1-5,8H,6H2/i6D2,8D. The van der Waals surface area contributed by atoms with Gasteiger partial charge in [0.15, 0.2) is 0 Å². The van der Waals surface area contributed by atoms with Gasteiger partial charge < -0.3 is 5.11 Å². The number of aliphatic hydroxyl groups is 1. The highest BCUT2D eigenvalue weighted by molar-refractivity contribution is 5.12. The number of benzene rings is 1. The summed E-state index contributed by atoms with van der Waals surface area (Å²) in [6.07, 6.45) is 0. The van der Waals surface area contributed by atoms with Gasteiger partial charge in [-0.05, 0) is 5.56 Å². The van der Waals surface area contributed by atoms with Gasteiger partial charge in [0.25, 0.3) is 0 Å². The predicted molar refractivity (Wildman–Crippen MR) is 32.4 cm³/mol. The van der Waals surface area contributed by atoms with Crippen LogP contribution in [-0.4, -0.2) is 6.54 Å². The van der Waals surface area contributed by atoms with Crippen LogP contribution < -0.4 is 0 Å². The third kappa shape index (κ3) is 1.07. The topological polar surface area (TPSA) is 20.2 Å². The Morgan fingerprint density at radius 2 is 2.25 bits per heavy atom. The average molecular weight is 111 g/mol. The summed E-state index contributed by atoms with van der Waals surface area (Å²) in [5, 5.41) is 3.91. The summed E-state index contributed by atoms with van der Waals surface area (Å²) in [5.41, 5.74) is 0.356. The lowest BCUT2D eigenvalue weighted by atomic mass is 10.2. The molecule has 8 heavy (non-hydrogen) atoms. The van der Waals surface area contributed by atoms with Crippen LogP contribution in [0.2, 0.25) is 0 Å². The van der Waals surface area contributed by atoms with Crippen molar-refractivity contribution in [2.45, 2.75) is 6.56 Å². The molecule has 0 radical (unpaired) electrons. The molecule has 0 saturated carbocycles. The summed E-state index contributed by atoms with van der Waals surface area (Å²) in [6, 6.07) is 8.34. The first-order chi connectivity index (χ1) is 5.17. The van der Waals surface area contributed by atoms with Crippen molar-refractivity contribution >= 4 is 0 Å². The average Bonchev–Trinajstić information content (AvgIpc) is 2.06. The van der Waals surface area contributed by atoms with Crippen LogP contribution in [0.4, 0.5) is 0 Å². The number of hydrogen-bond acceptors (Lipinski definition) is 1. The van der Waals surface area contributed by atoms with Crippen molar-refractivity contribution in [1.82, 2.24) is 0 Å². The molecule has 0 aliphatic heterocycles.